The number of nitrogens with zero attached hydrogens (tertiary/aromatic N) is 2. The number of aromatic amines is 1. The molecule has 0 aromatic carbocycles. The number of rotatable bonds is 5. The number of imidazole rings is 1. The van der Waals surface area contributed by atoms with Crippen molar-refractivity contribution in [3.05, 3.63) is 17.7 Å². The maximum atomic E-state index is 12.4. The van der Waals surface area contributed by atoms with Crippen LogP contribution in [0.3, 0.4) is 0 Å². The van der Waals surface area contributed by atoms with Crippen LogP contribution in [0.25, 0.3) is 0 Å². The molecule has 7 heteroatoms. The van der Waals surface area contributed by atoms with E-state index in [1.54, 1.807) is 18.1 Å². The van der Waals surface area contributed by atoms with Crippen molar-refractivity contribution in [3.8, 4) is 0 Å². The number of aromatic nitrogens is 2. The molecular formula is C12H18F3N3S. The molecule has 0 aliphatic carbocycles. The van der Waals surface area contributed by atoms with Gasteiger partial charge in [0.25, 0.3) is 0 Å². The summed E-state index contributed by atoms with van der Waals surface area (Å²) in [7, 11) is 0. The first kappa shape index (κ1) is 14.7. The first-order valence-electron chi connectivity index (χ1n) is 6.33. The second-order valence-electron chi connectivity index (χ2n) is 4.71. The standard InChI is InChI=1S/C12H18F3N3S/c1-19-7-3-10-11-9(16-8-17-11)2-5-18(10)6-4-12(13,14)15/h8,10H,2-7H2,1H3,(H,16,17)/t10-/m0/s1. The van der Waals surface area contributed by atoms with Gasteiger partial charge < -0.3 is 4.98 Å². The van der Waals surface area contributed by atoms with Gasteiger partial charge in [-0.15, -0.1) is 0 Å². The van der Waals surface area contributed by atoms with Crippen molar-refractivity contribution in [1.82, 2.24) is 14.9 Å². The normalized spacial score (nSPS) is 20.5. The molecule has 0 saturated carbocycles. The van der Waals surface area contributed by atoms with Gasteiger partial charge in [-0.1, -0.05) is 0 Å². The van der Waals surface area contributed by atoms with E-state index >= 15 is 0 Å². The summed E-state index contributed by atoms with van der Waals surface area (Å²) in [6.45, 7) is 0.735. The molecule has 0 radical (unpaired) electrons. The van der Waals surface area contributed by atoms with Crippen LogP contribution < -0.4 is 0 Å². The van der Waals surface area contributed by atoms with E-state index < -0.39 is 12.6 Å². The number of H-pyrrole nitrogens is 1. The molecule has 1 aromatic heterocycles. The van der Waals surface area contributed by atoms with Crippen molar-refractivity contribution in [1.29, 1.82) is 0 Å². The number of nitrogens with one attached hydrogen (secondary N) is 1. The second-order valence-corrected chi connectivity index (χ2v) is 5.70. The van der Waals surface area contributed by atoms with Crippen molar-refractivity contribution in [2.45, 2.75) is 31.5 Å². The summed E-state index contributed by atoms with van der Waals surface area (Å²) in [6, 6.07) is 0.0183. The zero-order valence-electron chi connectivity index (χ0n) is 10.8. The minimum Gasteiger partial charge on any atom is -0.348 e. The highest BCUT2D eigenvalue weighted by atomic mass is 32.2. The Labute approximate surface area is 115 Å². The van der Waals surface area contributed by atoms with Crippen molar-refractivity contribution < 1.29 is 13.2 Å². The number of alkyl halides is 3. The molecule has 19 heavy (non-hydrogen) atoms. The molecule has 2 rings (SSSR count). The topological polar surface area (TPSA) is 31.9 Å². The first-order chi connectivity index (χ1) is 9.01. The SMILES string of the molecule is CSCC[C@H]1c2nc[nH]c2CCN1CCC(F)(F)F. The van der Waals surface area contributed by atoms with Gasteiger partial charge in [-0.25, -0.2) is 4.98 Å². The first-order valence-corrected chi connectivity index (χ1v) is 7.72. The van der Waals surface area contributed by atoms with Gasteiger partial charge in [0.15, 0.2) is 0 Å². The molecular weight excluding hydrogens is 275 g/mol. The predicted octanol–water partition coefficient (Wildman–Crippen LogP) is 3.01. The molecule has 1 aliphatic heterocycles. The van der Waals surface area contributed by atoms with Crippen LogP contribution in [0.15, 0.2) is 6.33 Å². The highest BCUT2D eigenvalue weighted by Crippen LogP contribution is 2.32. The van der Waals surface area contributed by atoms with Gasteiger partial charge in [-0.3, -0.25) is 4.90 Å². The van der Waals surface area contributed by atoms with E-state index in [0.717, 1.165) is 30.0 Å². The summed E-state index contributed by atoms with van der Waals surface area (Å²) in [4.78, 5) is 9.31. The summed E-state index contributed by atoms with van der Waals surface area (Å²) < 4.78 is 37.1. The maximum absolute atomic E-state index is 12.4. The molecule has 0 unspecified atom stereocenters. The smallest absolute Gasteiger partial charge is 0.348 e. The summed E-state index contributed by atoms with van der Waals surface area (Å²) in [5.41, 5.74) is 2.01. The second kappa shape index (κ2) is 6.17. The molecule has 0 fully saturated rings. The van der Waals surface area contributed by atoms with Crippen molar-refractivity contribution >= 4 is 11.8 Å². The van der Waals surface area contributed by atoms with E-state index in [1.807, 2.05) is 11.2 Å². The Morgan fingerprint density at radius 1 is 1.53 bits per heavy atom. The van der Waals surface area contributed by atoms with Gasteiger partial charge in [0.05, 0.1) is 24.5 Å². The molecule has 1 aromatic rings. The van der Waals surface area contributed by atoms with E-state index in [4.69, 9.17) is 0 Å². The molecule has 3 nitrogen and oxygen atoms in total. The summed E-state index contributed by atoms with van der Waals surface area (Å²) in [6.07, 6.45) is 0.413. The van der Waals surface area contributed by atoms with Crippen LogP contribution in [0.5, 0.6) is 0 Å². The lowest BCUT2D eigenvalue weighted by molar-refractivity contribution is -0.139. The van der Waals surface area contributed by atoms with Gasteiger partial charge in [0.1, 0.15) is 0 Å². The molecule has 0 amide bonds. The van der Waals surface area contributed by atoms with E-state index in [1.165, 1.54) is 0 Å². The van der Waals surface area contributed by atoms with Gasteiger partial charge >= 0.3 is 6.18 Å². The molecule has 1 atom stereocenters. The van der Waals surface area contributed by atoms with Crippen molar-refractivity contribution in [2.24, 2.45) is 0 Å². The number of halogens is 3. The lowest BCUT2D eigenvalue weighted by Crippen LogP contribution is -2.38. The van der Waals surface area contributed by atoms with Crippen LogP contribution in [-0.2, 0) is 6.42 Å². The van der Waals surface area contributed by atoms with Gasteiger partial charge in [-0.05, 0) is 18.4 Å². The molecule has 1 aliphatic rings. The van der Waals surface area contributed by atoms with Crippen molar-refractivity contribution in [3.63, 3.8) is 0 Å². The molecule has 0 bridgehead atoms. The fraction of sp³-hybridized carbons (Fsp3) is 0.750. The Balaban J connectivity index is 2.05. The Kier molecular flexibility index (Phi) is 4.78. The third kappa shape index (κ3) is 3.89. The molecule has 1 N–H and O–H groups in total. The maximum Gasteiger partial charge on any atom is 0.390 e. The van der Waals surface area contributed by atoms with E-state index in [9.17, 15) is 13.2 Å². The monoisotopic (exact) mass is 293 g/mol. The summed E-state index contributed by atoms with van der Waals surface area (Å²) in [5.74, 6) is 0.930. The van der Waals surface area contributed by atoms with Crippen LogP contribution in [-0.4, -0.2) is 46.1 Å². The quantitative estimate of drug-likeness (QED) is 0.905. The molecule has 0 spiro atoms. The van der Waals surface area contributed by atoms with Gasteiger partial charge in [0, 0.05) is 25.2 Å². The van der Waals surface area contributed by atoms with Gasteiger partial charge in [0.2, 0.25) is 0 Å². The number of hydrogen-bond donors (Lipinski definition) is 1. The minimum absolute atomic E-state index is 0.0183. The van der Waals surface area contributed by atoms with Crippen molar-refractivity contribution in [2.75, 3.05) is 25.1 Å². The predicted molar refractivity (Wildman–Crippen MR) is 70.3 cm³/mol. The number of hydrogen-bond acceptors (Lipinski definition) is 3. The van der Waals surface area contributed by atoms with Crippen LogP contribution in [0, 0.1) is 0 Å². The average molecular weight is 293 g/mol. The fourth-order valence-corrected chi connectivity index (χ4v) is 2.95. The third-order valence-corrected chi connectivity index (χ3v) is 4.08. The minimum atomic E-state index is -4.09. The molecule has 2 heterocycles. The zero-order chi connectivity index (χ0) is 13.9. The number of thioether (sulfide) groups is 1. The largest absolute Gasteiger partial charge is 0.390 e. The fourth-order valence-electron chi connectivity index (χ4n) is 2.49. The van der Waals surface area contributed by atoms with E-state index in [2.05, 4.69) is 9.97 Å². The van der Waals surface area contributed by atoms with E-state index in [0.29, 0.717) is 6.54 Å². The van der Waals surface area contributed by atoms with Crippen LogP contribution in [0.2, 0.25) is 0 Å². The number of fused-ring (bicyclic) bond motifs is 1. The Hall–Kier alpha value is -0.690. The lowest BCUT2D eigenvalue weighted by atomic mass is 10.0. The van der Waals surface area contributed by atoms with Crippen LogP contribution in [0.4, 0.5) is 13.2 Å². The summed E-state index contributed by atoms with van der Waals surface area (Å²) in [5, 5.41) is 0. The average Bonchev–Trinajstić information content (AvgIpc) is 2.81. The Morgan fingerprint density at radius 2 is 2.32 bits per heavy atom. The molecule has 0 saturated heterocycles. The molecule has 108 valence electrons. The van der Waals surface area contributed by atoms with E-state index in [-0.39, 0.29) is 12.6 Å². The zero-order valence-corrected chi connectivity index (χ0v) is 11.7. The Morgan fingerprint density at radius 3 is 3.00 bits per heavy atom. The third-order valence-electron chi connectivity index (χ3n) is 3.43. The highest BCUT2D eigenvalue weighted by Gasteiger charge is 2.33. The lowest BCUT2D eigenvalue weighted by Gasteiger charge is -2.35. The van der Waals surface area contributed by atoms with Crippen LogP contribution >= 0.6 is 11.8 Å². The highest BCUT2D eigenvalue weighted by molar-refractivity contribution is 7.98. The van der Waals surface area contributed by atoms with Crippen LogP contribution in [0.1, 0.15) is 30.3 Å². The summed E-state index contributed by atoms with van der Waals surface area (Å²) >= 11 is 1.71. The van der Waals surface area contributed by atoms with Gasteiger partial charge in [-0.2, -0.15) is 24.9 Å². The Bertz CT molecular complexity index is 405.